The molecule has 0 bridgehead atoms. The van der Waals surface area contributed by atoms with Gasteiger partial charge in [-0.2, -0.15) is 0 Å². The first-order valence-corrected chi connectivity index (χ1v) is 8.46. The van der Waals surface area contributed by atoms with Gasteiger partial charge in [0, 0.05) is 18.5 Å². The van der Waals surface area contributed by atoms with E-state index >= 15 is 0 Å². The summed E-state index contributed by atoms with van der Waals surface area (Å²) < 4.78 is 4.54. The van der Waals surface area contributed by atoms with Crippen molar-refractivity contribution in [2.45, 2.75) is 51.9 Å². The van der Waals surface area contributed by atoms with Crippen molar-refractivity contribution in [1.82, 2.24) is 15.3 Å². The number of aromatic amines is 1. The number of anilines is 1. The van der Waals surface area contributed by atoms with Crippen molar-refractivity contribution in [1.29, 1.82) is 0 Å². The zero-order valence-corrected chi connectivity index (χ0v) is 14.8. The fourth-order valence-electron chi connectivity index (χ4n) is 2.34. The first kappa shape index (κ1) is 20.4. The number of nitrogens with zero attached hydrogens (tertiary/aromatic N) is 1. The highest BCUT2D eigenvalue weighted by atomic mass is 16.5. The van der Waals surface area contributed by atoms with E-state index in [0.29, 0.717) is 5.69 Å². The third-order valence-corrected chi connectivity index (χ3v) is 3.64. The van der Waals surface area contributed by atoms with Crippen LogP contribution in [-0.4, -0.2) is 28.5 Å². The summed E-state index contributed by atoms with van der Waals surface area (Å²) >= 11 is 0. The first-order chi connectivity index (χ1) is 12.0. The number of H-pyrrole nitrogens is 1. The Labute approximate surface area is 147 Å². The lowest BCUT2D eigenvalue weighted by atomic mass is 9.96. The van der Waals surface area contributed by atoms with Crippen LogP contribution in [0, 0.1) is 0 Å². The maximum Gasteiger partial charge on any atom is 0.321 e. The average molecular weight is 350 g/mol. The summed E-state index contributed by atoms with van der Waals surface area (Å²) in [5.41, 5.74) is 0.356. The van der Waals surface area contributed by atoms with Crippen LogP contribution in [0.3, 0.4) is 0 Å². The van der Waals surface area contributed by atoms with Gasteiger partial charge in [0.25, 0.3) is 5.56 Å². The fraction of sp³-hybridized carbons (Fsp3) is 0.529. The van der Waals surface area contributed by atoms with Gasteiger partial charge in [0.1, 0.15) is 0 Å². The van der Waals surface area contributed by atoms with E-state index in [9.17, 15) is 14.4 Å². The molecule has 138 valence electrons. The van der Waals surface area contributed by atoms with Crippen LogP contribution in [0.15, 0.2) is 23.7 Å². The minimum absolute atomic E-state index is 0.0123. The third kappa shape index (κ3) is 7.65. The second kappa shape index (κ2) is 11.0. The van der Waals surface area contributed by atoms with E-state index in [1.807, 2.05) is 6.92 Å². The molecule has 0 aliphatic rings. The summed E-state index contributed by atoms with van der Waals surface area (Å²) in [7, 11) is 0. The Morgan fingerprint density at radius 2 is 2.20 bits per heavy atom. The van der Waals surface area contributed by atoms with Crippen molar-refractivity contribution in [3.05, 3.63) is 35.0 Å². The third-order valence-electron chi connectivity index (χ3n) is 3.64. The molecule has 0 aliphatic heterocycles. The van der Waals surface area contributed by atoms with E-state index in [1.165, 1.54) is 6.07 Å². The molecule has 0 aromatic carbocycles. The number of aromatic nitrogens is 2. The van der Waals surface area contributed by atoms with Gasteiger partial charge in [-0.15, -0.1) is 0 Å². The van der Waals surface area contributed by atoms with Gasteiger partial charge in [0.2, 0.25) is 5.95 Å². The number of hydrogen-bond acceptors (Lipinski definition) is 5. The highest BCUT2D eigenvalue weighted by molar-refractivity contribution is 5.87. The van der Waals surface area contributed by atoms with Crippen LogP contribution < -0.4 is 16.2 Å². The average Bonchev–Trinajstić information content (AvgIpc) is 2.55. The van der Waals surface area contributed by atoms with E-state index in [4.69, 9.17) is 0 Å². The van der Waals surface area contributed by atoms with Crippen molar-refractivity contribution in [2.75, 3.05) is 11.9 Å². The van der Waals surface area contributed by atoms with Gasteiger partial charge < -0.3 is 10.1 Å². The molecule has 1 atom stereocenters. The zero-order chi connectivity index (χ0) is 18.7. The molecule has 1 rings (SSSR count). The summed E-state index contributed by atoms with van der Waals surface area (Å²) in [4.78, 5) is 41.6. The summed E-state index contributed by atoms with van der Waals surface area (Å²) in [5.74, 6) is -0.228. The molecule has 25 heavy (non-hydrogen) atoms. The van der Waals surface area contributed by atoms with Crippen LogP contribution >= 0.6 is 0 Å². The van der Waals surface area contributed by atoms with E-state index in [2.05, 4.69) is 38.8 Å². The van der Waals surface area contributed by atoms with Gasteiger partial charge >= 0.3 is 12.0 Å². The number of amides is 2. The van der Waals surface area contributed by atoms with Crippen LogP contribution in [-0.2, 0) is 9.53 Å². The molecule has 2 amide bonds. The highest BCUT2D eigenvalue weighted by Crippen LogP contribution is 2.23. The quantitative estimate of drug-likeness (QED) is 0.443. The maximum absolute atomic E-state index is 11.8. The number of carbonyl (C=O) groups is 2. The summed E-state index contributed by atoms with van der Waals surface area (Å²) in [6.07, 6.45) is 4.98. The van der Waals surface area contributed by atoms with Crippen molar-refractivity contribution in [2.24, 2.45) is 0 Å². The second-order valence-corrected chi connectivity index (χ2v) is 5.55. The van der Waals surface area contributed by atoms with Crippen LogP contribution in [0.4, 0.5) is 10.7 Å². The molecule has 0 fully saturated rings. The van der Waals surface area contributed by atoms with Crippen molar-refractivity contribution in [3.63, 3.8) is 0 Å². The number of unbranched alkanes of at least 4 members (excludes halogenated alkanes) is 1. The van der Waals surface area contributed by atoms with E-state index in [1.54, 1.807) is 0 Å². The molecule has 3 N–H and O–H groups in total. The zero-order valence-electron chi connectivity index (χ0n) is 14.8. The van der Waals surface area contributed by atoms with E-state index in [0.717, 1.165) is 31.9 Å². The van der Waals surface area contributed by atoms with Crippen molar-refractivity contribution < 1.29 is 14.3 Å². The minimum atomic E-state index is -0.562. The molecule has 0 spiro atoms. The molecular weight excluding hydrogens is 324 g/mol. The first-order valence-electron chi connectivity index (χ1n) is 8.46. The fourth-order valence-corrected chi connectivity index (χ4v) is 2.34. The van der Waals surface area contributed by atoms with Crippen molar-refractivity contribution >= 4 is 17.9 Å². The normalized spacial score (nSPS) is 11.4. The molecular formula is C17H26N4O4. The predicted molar refractivity (Wildman–Crippen MR) is 95.3 cm³/mol. The van der Waals surface area contributed by atoms with Gasteiger partial charge in [-0.1, -0.05) is 33.3 Å². The maximum atomic E-state index is 11.8. The molecule has 1 aromatic heterocycles. The Kier molecular flexibility index (Phi) is 8.99. The Morgan fingerprint density at radius 1 is 1.44 bits per heavy atom. The van der Waals surface area contributed by atoms with Crippen LogP contribution in [0.25, 0.3) is 0 Å². The summed E-state index contributed by atoms with van der Waals surface area (Å²) in [6, 6.07) is 0.909. The number of esters is 1. The highest BCUT2D eigenvalue weighted by Gasteiger charge is 2.14. The molecule has 1 heterocycles. The molecule has 0 saturated heterocycles. The molecule has 8 heteroatoms. The summed E-state index contributed by atoms with van der Waals surface area (Å²) in [5, 5.41) is 4.96. The Hall–Kier alpha value is -2.64. The molecule has 0 radical (unpaired) electrons. The second-order valence-electron chi connectivity index (χ2n) is 5.55. The van der Waals surface area contributed by atoms with Gasteiger partial charge in [-0.05, 0) is 12.8 Å². The molecule has 1 aromatic rings. The standard InChI is InChI=1S/C17H26N4O4/c1-4-7-8-12(5-2)13-11-14(22)20-16(19-13)21-17(24)18-10-9-15(23)25-6-3/h6,11-12H,3-5,7-10H2,1-2H3,(H3,18,19,20,21,22,24). The lowest BCUT2D eigenvalue weighted by molar-refractivity contribution is -0.137. The van der Waals surface area contributed by atoms with Gasteiger partial charge in [0.05, 0.1) is 18.4 Å². The molecule has 1 unspecified atom stereocenters. The van der Waals surface area contributed by atoms with Crippen LogP contribution in [0.5, 0.6) is 0 Å². The molecule has 0 saturated carbocycles. The molecule has 8 nitrogen and oxygen atoms in total. The largest absolute Gasteiger partial charge is 0.435 e. The van der Waals surface area contributed by atoms with Crippen LogP contribution in [0.2, 0.25) is 0 Å². The van der Waals surface area contributed by atoms with E-state index < -0.39 is 12.0 Å². The van der Waals surface area contributed by atoms with E-state index in [-0.39, 0.29) is 30.4 Å². The number of carbonyl (C=O) groups excluding carboxylic acids is 2. The monoisotopic (exact) mass is 350 g/mol. The lowest BCUT2D eigenvalue weighted by Gasteiger charge is -2.14. The Morgan fingerprint density at radius 3 is 2.84 bits per heavy atom. The number of rotatable bonds is 10. The number of ether oxygens (including phenoxy) is 1. The lowest BCUT2D eigenvalue weighted by Crippen LogP contribution is -2.32. The number of hydrogen-bond donors (Lipinski definition) is 3. The minimum Gasteiger partial charge on any atom is -0.435 e. The van der Waals surface area contributed by atoms with Gasteiger partial charge in [-0.3, -0.25) is 19.9 Å². The Bertz CT molecular complexity index is 642. The SMILES string of the molecule is C=COC(=O)CCNC(=O)Nc1nc(C(CC)CCCC)cc(=O)[nH]1. The summed E-state index contributed by atoms with van der Waals surface area (Å²) in [6.45, 7) is 7.52. The number of urea groups is 1. The van der Waals surface area contributed by atoms with Gasteiger partial charge in [-0.25, -0.2) is 9.78 Å². The number of nitrogens with one attached hydrogen (secondary N) is 3. The smallest absolute Gasteiger partial charge is 0.321 e. The van der Waals surface area contributed by atoms with Gasteiger partial charge in [0.15, 0.2) is 0 Å². The topological polar surface area (TPSA) is 113 Å². The molecule has 0 aliphatic carbocycles. The Balaban J connectivity index is 2.66. The van der Waals surface area contributed by atoms with Crippen LogP contribution in [0.1, 0.15) is 57.6 Å². The van der Waals surface area contributed by atoms with Crippen molar-refractivity contribution in [3.8, 4) is 0 Å². The predicted octanol–water partition coefficient (Wildman–Crippen LogP) is 2.65.